The Morgan fingerprint density at radius 1 is 1.47 bits per heavy atom. The Bertz CT molecular complexity index is 342. The maximum absolute atomic E-state index is 11.9. The Morgan fingerprint density at radius 2 is 2.24 bits per heavy atom. The summed E-state index contributed by atoms with van der Waals surface area (Å²) in [6, 6.07) is 1.77. The summed E-state index contributed by atoms with van der Waals surface area (Å²) in [7, 11) is 0. The van der Waals surface area contributed by atoms with Crippen LogP contribution in [0, 0.1) is 5.92 Å². The number of rotatable bonds is 4. The molecule has 1 fully saturated rings. The van der Waals surface area contributed by atoms with Gasteiger partial charge >= 0.3 is 0 Å². The van der Waals surface area contributed by atoms with Crippen LogP contribution in [0.5, 0.6) is 0 Å². The van der Waals surface area contributed by atoms with E-state index in [2.05, 4.69) is 5.32 Å². The van der Waals surface area contributed by atoms with Crippen molar-refractivity contribution in [3.05, 3.63) is 24.2 Å². The molecule has 0 spiro atoms. The highest BCUT2D eigenvalue weighted by atomic mass is 16.3. The van der Waals surface area contributed by atoms with Crippen molar-refractivity contribution in [1.29, 1.82) is 0 Å². The lowest BCUT2D eigenvalue weighted by atomic mass is 9.84. The van der Waals surface area contributed by atoms with Crippen LogP contribution in [0.15, 0.2) is 23.0 Å². The first kappa shape index (κ1) is 12.2. The fourth-order valence-electron chi connectivity index (χ4n) is 2.55. The summed E-state index contributed by atoms with van der Waals surface area (Å²) in [5.74, 6) is 0.448. The zero-order chi connectivity index (χ0) is 12.1. The molecule has 1 saturated carbocycles. The van der Waals surface area contributed by atoms with E-state index >= 15 is 0 Å². The van der Waals surface area contributed by atoms with Gasteiger partial charge < -0.3 is 15.5 Å². The minimum Gasteiger partial charge on any atom is -0.472 e. The quantitative estimate of drug-likeness (QED) is 0.839. The van der Waals surface area contributed by atoms with E-state index < -0.39 is 0 Å². The monoisotopic (exact) mass is 236 g/mol. The fraction of sp³-hybridized carbons (Fsp3) is 0.615. The SMILES string of the molecule is NCC(NC(=O)c1ccoc1)C1CCCCC1. The molecule has 0 saturated heterocycles. The normalized spacial score (nSPS) is 18.9. The lowest BCUT2D eigenvalue weighted by Gasteiger charge is -2.29. The zero-order valence-corrected chi connectivity index (χ0v) is 10.0. The largest absolute Gasteiger partial charge is 0.472 e. The number of furan rings is 1. The lowest BCUT2D eigenvalue weighted by Crippen LogP contribution is -2.45. The Balaban J connectivity index is 1.92. The van der Waals surface area contributed by atoms with Crippen LogP contribution in [-0.4, -0.2) is 18.5 Å². The van der Waals surface area contributed by atoms with Crippen LogP contribution in [0.4, 0.5) is 0 Å². The van der Waals surface area contributed by atoms with Crippen molar-refractivity contribution >= 4 is 5.91 Å². The smallest absolute Gasteiger partial charge is 0.254 e. The van der Waals surface area contributed by atoms with Gasteiger partial charge in [-0.2, -0.15) is 0 Å². The second-order valence-electron chi connectivity index (χ2n) is 4.73. The third kappa shape index (κ3) is 3.09. The molecular weight excluding hydrogens is 216 g/mol. The minimum absolute atomic E-state index is 0.0835. The summed E-state index contributed by atoms with van der Waals surface area (Å²) in [5.41, 5.74) is 6.34. The first-order valence-electron chi connectivity index (χ1n) is 6.34. The predicted molar refractivity (Wildman–Crippen MR) is 65.6 cm³/mol. The molecule has 0 radical (unpaired) electrons. The van der Waals surface area contributed by atoms with Crippen molar-refractivity contribution < 1.29 is 9.21 Å². The average molecular weight is 236 g/mol. The van der Waals surface area contributed by atoms with Crippen molar-refractivity contribution in [2.45, 2.75) is 38.1 Å². The van der Waals surface area contributed by atoms with Crippen molar-refractivity contribution in [2.75, 3.05) is 6.54 Å². The molecule has 1 amide bonds. The van der Waals surface area contributed by atoms with Gasteiger partial charge in [-0.3, -0.25) is 4.79 Å². The molecule has 0 aromatic carbocycles. The summed E-state index contributed by atoms with van der Waals surface area (Å²) in [5, 5.41) is 3.01. The second-order valence-corrected chi connectivity index (χ2v) is 4.73. The van der Waals surface area contributed by atoms with Gasteiger partial charge in [-0.1, -0.05) is 19.3 Å². The molecule has 0 bridgehead atoms. The van der Waals surface area contributed by atoms with E-state index in [0.717, 1.165) is 0 Å². The van der Waals surface area contributed by atoms with Crippen LogP contribution in [0.25, 0.3) is 0 Å². The predicted octanol–water partition coefficient (Wildman–Crippen LogP) is 1.92. The number of nitrogens with two attached hydrogens (primary N) is 1. The van der Waals surface area contributed by atoms with Gasteiger partial charge in [0.25, 0.3) is 5.91 Å². The van der Waals surface area contributed by atoms with Crippen LogP contribution in [0.1, 0.15) is 42.5 Å². The number of hydrogen-bond acceptors (Lipinski definition) is 3. The Hall–Kier alpha value is -1.29. The molecule has 17 heavy (non-hydrogen) atoms. The highest BCUT2D eigenvalue weighted by Crippen LogP contribution is 2.26. The first-order chi connectivity index (χ1) is 8.31. The average Bonchev–Trinajstić information content (AvgIpc) is 2.90. The van der Waals surface area contributed by atoms with Gasteiger partial charge in [0, 0.05) is 12.6 Å². The van der Waals surface area contributed by atoms with Crippen molar-refractivity contribution in [3.63, 3.8) is 0 Å². The van der Waals surface area contributed by atoms with E-state index in [0.29, 0.717) is 18.0 Å². The minimum atomic E-state index is -0.0835. The summed E-state index contributed by atoms with van der Waals surface area (Å²) < 4.78 is 4.90. The molecule has 4 nitrogen and oxygen atoms in total. The third-order valence-electron chi connectivity index (χ3n) is 3.57. The van der Waals surface area contributed by atoms with Gasteiger partial charge in [0.15, 0.2) is 0 Å². The molecule has 1 unspecified atom stereocenters. The van der Waals surface area contributed by atoms with Gasteiger partial charge in [0.1, 0.15) is 6.26 Å². The summed E-state index contributed by atoms with van der Waals surface area (Å²) in [4.78, 5) is 11.9. The van der Waals surface area contributed by atoms with Crippen LogP contribution in [0.2, 0.25) is 0 Å². The molecule has 3 N–H and O–H groups in total. The zero-order valence-electron chi connectivity index (χ0n) is 10.0. The molecule has 2 rings (SSSR count). The number of carbonyl (C=O) groups is 1. The molecule has 94 valence electrons. The molecule has 1 aromatic rings. The number of nitrogens with one attached hydrogen (secondary N) is 1. The maximum Gasteiger partial charge on any atom is 0.254 e. The highest BCUT2D eigenvalue weighted by Gasteiger charge is 2.24. The molecule has 1 aliphatic rings. The van der Waals surface area contributed by atoms with Gasteiger partial charge in [0.2, 0.25) is 0 Å². The summed E-state index contributed by atoms with van der Waals surface area (Å²) >= 11 is 0. The fourth-order valence-corrected chi connectivity index (χ4v) is 2.55. The van der Waals surface area contributed by atoms with Gasteiger partial charge in [-0.25, -0.2) is 0 Å². The van der Waals surface area contributed by atoms with E-state index in [1.165, 1.54) is 44.6 Å². The van der Waals surface area contributed by atoms with Crippen molar-refractivity contribution in [2.24, 2.45) is 11.7 Å². The van der Waals surface area contributed by atoms with E-state index in [4.69, 9.17) is 10.2 Å². The van der Waals surface area contributed by atoms with E-state index in [-0.39, 0.29) is 11.9 Å². The van der Waals surface area contributed by atoms with Crippen LogP contribution >= 0.6 is 0 Å². The number of carbonyl (C=O) groups excluding carboxylic acids is 1. The van der Waals surface area contributed by atoms with E-state index in [1.54, 1.807) is 6.07 Å². The first-order valence-corrected chi connectivity index (χ1v) is 6.34. The Morgan fingerprint density at radius 3 is 2.82 bits per heavy atom. The van der Waals surface area contributed by atoms with E-state index in [1.807, 2.05) is 0 Å². The lowest BCUT2D eigenvalue weighted by molar-refractivity contribution is 0.0915. The van der Waals surface area contributed by atoms with Crippen molar-refractivity contribution in [3.8, 4) is 0 Å². The molecule has 1 atom stereocenters. The van der Waals surface area contributed by atoms with Gasteiger partial charge in [-0.15, -0.1) is 0 Å². The molecule has 4 heteroatoms. The maximum atomic E-state index is 11.9. The number of amides is 1. The number of hydrogen-bond donors (Lipinski definition) is 2. The molecule has 1 aromatic heterocycles. The van der Waals surface area contributed by atoms with E-state index in [9.17, 15) is 4.79 Å². The highest BCUT2D eigenvalue weighted by molar-refractivity contribution is 5.93. The standard InChI is InChI=1S/C13H20N2O2/c14-8-12(10-4-2-1-3-5-10)15-13(16)11-6-7-17-9-11/h6-7,9-10,12H,1-5,8,14H2,(H,15,16). The molecule has 0 aliphatic heterocycles. The topological polar surface area (TPSA) is 68.3 Å². The van der Waals surface area contributed by atoms with Gasteiger partial charge in [-0.05, 0) is 24.8 Å². The Labute approximate surface area is 102 Å². The molecule has 1 aliphatic carbocycles. The third-order valence-corrected chi connectivity index (χ3v) is 3.57. The van der Waals surface area contributed by atoms with Gasteiger partial charge in [0.05, 0.1) is 11.8 Å². The van der Waals surface area contributed by atoms with Crippen LogP contribution in [-0.2, 0) is 0 Å². The molecule has 1 heterocycles. The Kier molecular flexibility index (Phi) is 4.20. The summed E-state index contributed by atoms with van der Waals surface area (Å²) in [6.07, 6.45) is 9.13. The second kappa shape index (κ2) is 5.87. The van der Waals surface area contributed by atoms with Crippen LogP contribution < -0.4 is 11.1 Å². The summed E-state index contributed by atoms with van der Waals surface area (Å²) in [6.45, 7) is 0.508. The van der Waals surface area contributed by atoms with Crippen LogP contribution in [0.3, 0.4) is 0 Å². The molecular formula is C13H20N2O2. The van der Waals surface area contributed by atoms with Crippen molar-refractivity contribution in [1.82, 2.24) is 5.32 Å².